The number of aliphatic hydroxyl groups excluding tert-OH is 1. The Morgan fingerprint density at radius 2 is 0.743 bits per heavy atom. The molecular formula is C58H99O11P. The Morgan fingerprint density at radius 1 is 0.414 bits per heavy atom. The van der Waals surface area contributed by atoms with Crippen LogP contribution in [0.1, 0.15) is 226 Å². The second kappa shape index (κ2) is 52.0. The Bertz CT molecular complexity index is 1500. The Labute approximate surface area is 426 Å². The topological polar surface area (TPSA) is 155 Å². The predicted octanol–water partition coefficient (Wildman–Crippen LogP) is 15.9. The van der Waals surface area contributed by atoms with Crippen molar-refractivity contribution in [3.8, 4) is 0 Å². The minimum Gasteiger partial charge on any atom is -0.462 e. The maximum atomic E-state index is 12.9. The first-order valence-corrected chi connectivity index (χ1v) is 29.0. The van der Waals surface area contributed by atoms with E-state index in [2.05, 4.69) is 106 Å². The van der Waals surface area contributed by atoms with Gasteiger partial charge in [0.25, 0.3) is 0 Å². The van der Waals surface area contributed by atoms with Crippen molar-refractivity contribution in [1.82, 2.24) is 0 Å². The number of allylic oxidation sites excluding steroid dienone is 14. The Hall–Kier alpha value is -3.34. The number of ether oxygens (including phenoxy) is 3. The van der Waals surface area contributed by atoms with E-state index in [4.69, 9.17) is 23.3 Å². The molecule has 0 heterocycles. The number of aliphatic hydroxyl groups is 1. The highest BCUT2D eigenvalue weighted by Gasteiger charge is 2.28. The van der Waals surface area contributed by atoms with Crippen LogP contribution in [0.5, 0.6) is 0 Å². The first-order chi connectivity index (χ1) is 34.2. The van der Waals surface area contributed by atoms with Gasteiger partial charge in [-0.15, -0.1) is 0 Å². The van der Waals surface area contributed by atoms with Crippen molar-refractivity contribution in [1.29, 1.82) is 0 Å². The van der Waals surface area contributed by atoms with Gasteiger partial charge in [0.1, 0.15) is 12.7 Å². The van der Waals surface area contributed by atoms with Crippen LogP contribution in [0.4, 0.5) is 0 Å². The highest BCUT2D eigenvalue weighted by atomic mass is 31.2. The first-order valence-electron chi connectivity index (χ1n) is 27.5. The van der Waals surface area contributed by atoms with Crippen molar-refractivity contribution in [2.24, 2.45) is 0 Å². The number of unbranched alkanes of at least 4 members (excludes halogenated alkanes) is 19. The van der Waals surface area contributed by atoms with Crippen LogP contribution in [0, 0.1) is 0 Å². The SMILES string of the molecule is CC/C=C\C/C=C\C/C=C\C/C=C\CCCCC(=O)OC(COC(=O)CCCCCCCCC/C=C\C/C=C\C/C=C\CC)COP(=O)(O)OCC(CO)OC(=O)CCCCCCCCCCCCC. The molecule has 0 aromatic rings. The fourth-order valence-corrected chi connectivity index (χ4v) is 7.97. The van der Waals surface area contributed by atoms with Gasteiger partial charge in [-0.2, -0.15) is 0 Å². The molecule has 0 spiro atoms. The van der Waals surface area contributed by atoms with Gasteiger partial charge in [-0.05, 0) is 89.9 Å². The molecule has 0 fully saturated rings. The van der Waals surface area contributed by atoms with E-state index in [9.17, 15) is 28.9 Å². The average Bonchev–Trinajstić information content (AvgIpc) is 3.35. The van der Waals surface area contributed by atoms with Gasteiger partial charge in [0.2, 0.25) is 0 Å². The summed E-state index contributed by atoms with van der Waals surface area (Å²) in [4.78, 5) is 48.4. The standard InChI is InChI=1S/C58H99O11P/c1-4-7-10-13-16-19-22-24-26-27-29-30-33-35-38-41-44-47-56(60)65-51-55(69-58(62)49-46-43-40-37-34-31-28-25-23-20-17-14-11-8-5-2)53-67-70(63,64)66-52-54(50-59)68-57(61)48-45-42-39-36-32-21-18-15-12-9-6-3/h7-8,10-11,16-17,19-20,24-26,28,34,37,54-55,59H,4-6,9,12-15,18,21-23,27,29-33,35-36,38-53H2,1-3H3,(H,63,64)/b10-7-,11-8-,19-16-,20-17-,26-24-,28-25-,37-34-. The lowest BCUT2D eigenvalue weighted by atomic mass is 10.1. The van der Waals surface area contributed by atoms with Crippen LogP contribution in [-0.4, -0.2) is 66.5 Å². The molecule has 0 rings (SSSR count). The van der Waals surface area contributed by atoms with Gasteiger partial charge in [-0.25, -0.2) is 4.57 Å². The van der Waals surface area contributed by atoms with Gasteiger partial charge in [0.05, 0.1) is 19.8 Å². The van der Waals surface area contributed by atoms with Crippen molar-refractivity contribution >= 4 is 25.7 Å². The van der Waals surface area contributed by atoms with Crippen LogP contribution < -0.4 is 0 Å². The summed E-state index contributed by atoms with van der Waals surface area (Å²) in [6, 6.07) is 0. The molecule has 11 nitrogen and oxygen atoms in total. The smallest absolute Gasteiger partial charge is 0.462 e. The molecule has 3 atom stereocenters. The van der Waals surface area contributed by atoms with Gasteiger partial charge in [0, 0.05) is 19.3 Å². The summed E-state index contributed by atoms with van der Waals surface area (Å²) in [7, 11) is -4.76. The number of phosphoric ester groups is 1. The van der Waals surface area contributed by atoms with Gasteiger partial charge in [-0.1, -0.05) is 202 Å². The van der Waals surface area contributed by atoms with E-state index in [1.165, 1.54) is 57.8 Å². The molecule has 0 amide bonds. The summed E-state index contributed by atoms with van der Waals surface area (Å²) < 4.78 is 39.4. The molecule has 12 heteroatoms. The van der Waals surface area contributed by atoms with Crippen molar-refractivity contribution in [2.45, 2.75) is 238 Å². The normalized spacial score (nSPS) is 14.1. The van der Waals surface area contributed by atoms with Crippen LogP contribution in [0.25, 0.3) is 0 Å². The molecule has 0 aliphatic carbocycles. The molecule has 0 aliphatic heterocycles. The number of esters is 3. The third-order valence-electron chi connectivity index (χ3n) is 11.3. The van der Waals surface area contributed by atoms with Crippen LogP contribution >= 0.6 is 7.82 Å². The minimum atomic E-state index is -4.76. The van der Waals surface area contributed by atoms with Gasteiger partial charge in [0.15, 0.2) is 6.10 Å². The lowest BCUT2D eigenvalue weighted by Gasteiger charge is -2.21. The predicted molar refractivity (Wildman–Crippen MR) is 288 cm³/mol. The van der Waals surface area contributed by atoms with Gasteiger partial charge >= 0.3 is 25.7 Å². The van der Waals surface area contributed by atoms with E-state index < -0.39 is 57.8 Å². The second-order valence-corrected chi connectivity index (χ2v) is 19.4. The van der Waals surface area contributed by atoms with Crippen LogP contribution in [-0.2, 0) is 42.2 Å². The molecule has 0 aromatic heterocycles. The fourth-order valence-electron chi connectivity index (χ4n) is 7.18. The van der Waals surface area contributed by atoms with Crippen molar-refractivity contribution in [3.63, 3.8) is 0 Å². The number of hydrogen-bond donors (Lipinski definition) is 2. The van der Waals surface area contributed by atoms with E-state index in [0.717, 1.165) is 109 Å². The molecule has 0 bridgehead atoms. The summed E-state index contributed by atoms with van der Waals surface area (Å²) in [5.74, 6) is -1.53. The van der Waals surface area contributed by atoms with Crippen molar-refractivity contribution in [2.75, 3.05) is 26.4 Å². The lowest BCUT2D eigenvalue weighted by molar-refractivity contribution is -0.161. The monoisotopic (exact) mass is 1000 g/mol. The number of carbonyl (C=O) groups excluding carboxylic acids is 3. The van der Waals surface area contributed by atoms with E-state index in [-0.39, 0.29) is 25.9 Å². The molecule has 0 aromatic carbocycles. The number of carbonyl (C=O) groups is 3. The molecule has 2 N–H and O–H groups in total. The molecule has 3 unspecified atom stereocenters. The third kappa shape index (κ3) is 49.6. The summed E-state index contributed by atoms with van der Waals surface area (Å²) in [5.41, 5.74) is 0. The maximum absolute atomic E-state index is 12.9. The van der Waals surface area contributed by atoms with Crippen molar-refractivity contribution < 1.29 is 52.2 Å². The number of hydrogen-bond acceptors (Lipinski definition) is 10. The lowest BCUT2D eigenvalue weighted by Crippen LogP contribution is -2.30. The summed E-state index contributed by atoms with van der Waals surface area (Å²) in [6.45, 7) is 4.34. The third-order valence-corrected chi connectivity index (χ3v) is 12.3. The van der Waals surface area contributed by atoms with Gasteiger partial charge < -0.3 is 24.2 Å². The Kier molecular flexibility index (Phi) is 49.5. The van der Waals surface area contributed by atoms with Crippen LogP contribution in [0.2, 0.25) is 0 Å². The largest absolute Gasteiger partial charge is 0.472 e. The molecule has 0 saturated carbocycles. The maximum Gasteiger partial charge on any atom is 0.472 e. The second-order valence-electron chi connectivity index (χ2n) is 18.0. The zero-order valence-electron chi connectivity index (χ0n) is 44.2. The van der Waals surface area contributed by atoms with E-state index in [1.54, 1.807) is 0 Å². The molecule has 0 saturated heterocycles. The summed E-state index contributed by atoms with van der Waals surface area (Å²) in [6.07, 6.45) is 58.4. The molecule has 402 valence electrons. The first kappa shape index (κ1) is 66.7. The van der Waals surface area contributed by atoms with Gasteiger partial charge in [-0.3, -0.25) is 23.4 Å². The summed E-state index contributed by atoms with van der Waals surface area (Å²) >= 11 is 0. The molecule has 70 heavy (non-hydrogen) atoms. The zero-order chi connectivity index (χ0) is 51.3. The number of phosphoric acid groups is 1. The Balaban J connectivity index is 4.81. The highest BCUT2D eigenvalue weighted by molar-refractivity contribution is 7.47. The Morgan fingerprint density at radius 3 is 1.17 bits per heavy atom. The quantitative estimate of drug-likeness (QED) is 0.0197. The van der Waals surface area contributed by atoms with Crippen LogP contribution in [0.15, 0.2) is 85.1 Å². The van der Waals surface area contributed by atoms with Crippen molar-refractivity contribution in [3.05, 3.63) is 85.1 Å². The summed E-state index contributed by atoms with van der Waals surface area (Å²) in [5, 5.41) is 9.78. The molecular weight excluding hydrogens is 904 g/mol. The fraction of sp³-hybridized carbons (Fsp3) is 0.707. The van der Waals surface area contributed by atoms with E-state index in [1.807, 2.05) is 0 Å². The molecule has 0 radical (unpaired) electrons. The molecule has 0 aliphatic rings. The average molecular weight is 1000 g/mol. The van der Waals surface area contributed by atoms with E-state index in [0.29, 0.717) is 19.3 Å². The number of rotatable bonds is 50. The minimum absolute atomic E-state index is 0.111. The van der Waals surface area contributed by atoms with Crippen LogP contribution in [0.3, 0.4) is 0 Å². The van der Waals surface area contributed by atoms with E-state index >= 15 is 0 Å². The highest BCUT2D eigenvalue weighted by Crippen LogP contribution is 2.43. The zero-order valence-corrected chi connectivity index (χ0v) is 45.1.